The zero-order valence-electron chi connectivity index (χ0n) is 16.9. The maximum atomic E-state index is 4.55. The van der Waals surface area contributed by atoms with Gasteiger partial charge < -0.3 is 9.47 Å². The molecule has 1 aromatic carbocycles. The highest BCUT2D eigenvalue weighted by Gasteiger charge is 2.32. The summed E-state index contributed by atoms with van der Waals surface area (Å²) in [6, 6.07) is 8.75. The Morgan fingerprint density at radius 2 is 1.85 bits per heavy atom. The first-order valence-electron chi connectivity index (χ1n) is 9.59. The largest absolute Gasteiger partial charge is 0.359 e. The lowest BCUT2D eigenvalue weighted by Crippen LogP contribution is -2.37. The quantitative estimate of drug-likeness (QED) is 0.695. The second kappa shape index (κ2) is 7.91. The summed E-state index contributed by atoms with van der Waals surface area (Å²) in [6.07, 6.45) is 2.09. The van der Waals surface area contributed by atoms with Gasteiger partial charge in [0.25, 0.3) is 0 Å². The van der Waals surface area contributed by atoms with E-state index in [4.69, 9.17) is 0 Å². The molecule has 5 heteroatoms. The molecule has 0 amide bonds. The van der Waals surface area contributed by atoms with E-state index in [0.29, 0.717) is 0 Å². The van der Waals surface area contributed by atoms with Crippen LogP contribution in [-0.4, -0.2) is 31.9 Å². The zero-order valence-corrected chi connectivity index (χ0v) is 16.9. The maximum absolute atomic E-state index is 4.55. The van der Waals surface area contributed by atoms with E-state index in [1.54, 1.807) is 0 Å². The predicted molar refractivity (Wildman–Crippen MR) is 112 cm³/mol. The van der Waals surface area contributed by atoms with Crippen LogP contribution in [0.3, 0.4) is 0 Å². The molecule has 1 aliphatic rings. The molecule has 1 aromatic heterocycles. The van der Waals surface area contributed by atoms with Crippen LogP contribution in [0.15, 0.2) is 48.1 Å². The van der Waals surface area contributed by atoms with Crippen LogP contribution in [-0.2, 0) is 6.54 Å². The number of rotatable bonds is 6. The fourth-order valence-electron chi connectivity index (χ4n) is 3.68. The topological polar surface area (TPSA) is 46.3 Å². The van der Waals surface area contributed by atoms with Gasteiger partial charge in [-0.25, -0.2) is 0 Å². The summed E-state index contributed by atoms with van der Waals surface area (Å²) in [5, 5.41) is 8.99. The SMILES string of the molecule is C=C(C)/N=C(\C)c1nnc2n1CCN(C(=C)c1ccc(C)cc1)[C@@H]2CCC. The second-order valence-corrected chi connectivity index (χ2v) is 7.28. The van der Waals surface area contributed by atoms with Crippen molar-refractivity contribution in [1.29, 1.82) is 0 Å². The lowest BCUT2D eigenvalue weighted by atomic mass is 10.0. The van der Waals surface area contributed by atoms with Crippen molar-refractivity contribution in [3.05, 3.63) is 65.9 Å². The van der Waals surface area contributed by atoms with Gasteiger partial charge in [0, 0.05) is 24.5 Å². The number of aliphatic imine (C=N–C) groups is 1. The lowest BCUT2D eigenvalue weighted by molar-refractivity contribution is 0.222. The molecular weight excluding hydrogens is 334 g/mol. The van der Waals surface area contributed by atoms with E-state index in [1.165, 1.54) is 5.56 Å². The van der Waals surface area contributed by atoms with Gasteiger partial charge in [-0.05, 0) is 32.8 Å². The molecule has 0 unspecified atom stereocenters. The summed E-state index contributed by atoms with van der Waals surface area (Å²) in [5.74, 6) is 1.84. The summed E-state index contributed by atoms with van der Waals surface area (Å²) in [4.78, 5) is 6.86. The Hall–Kier alpha value is -2.69. The minimum absolute atomic E-state index is 0.177. The fourth-order valence-corrected chi connectivity index (χ4v) is 3.68. The lowest BCUT2D eigenvalue weighted by Gasteiger charge is -2.38. The van der Waals surface area contributed by atoms with Crippen LogP contribution >= 0.6 is 0 Å². The third-order valence-electron chi connectivity index (χ3n) is 4.99. The molecule has 5 nitrogen and oxygen atoms in total. The van der Waals surface area contributed by atoms with Gasteiger partial charge in [0.2, 0.25) is 0 Å². The summed E-state index contributed by atoms with van der Waals surface area (Å²) < 4.78 is 2.21. The number of benzene rings is 1. The third kappa shape index (κ3) is 3.87. The highest BCUT2D eigenvalue weighted by molar-refractivity contribution is 5.96. The van der Waals surface area contributed by atoms with E-state index in [2.05, 4.69) is 75.9 Å². The minimum atomic E-state index is 0.177. The van der Waals surface area contributed by atoms with E-state index >= 15 is 0 Å². The number of allylic oxidation sites excluding steroid dienone is 1. The molecule has 0 spiro atoms. The first-order valence-corrected chi connectivity index (χ1v) is 9.59. The third-order valence-corrected chi connectivity index (χ3v) is 4.99. The first kappa shape index (κ1) is 19.1. The van der Waals surface area contributed by atoms with E-state index < -0.39 is 0 Å². The monoisotopic (exact) mass is 363 g/mol. The Morgan fingerprint density at radius 3 is 2.48 bits per heavy atom. The summed E-state index contributed by atoms with van der Waals surface area (Å²) in [6.45, 7) is 18.2. The van der Waals surface area contributed by atoms with Gasteiger partial charge in [-0.2, -0.15) is 0 Å². The zero-order chi connectivity index (χ0) is 19.6. The standard InChI is InChI=1S/C22H29N5/c1-7-8-20-22-25-24-21(17(5)23-15(2)3)27(22)14-13-26(20)18(6)19-11-9-16(4)10-12-19/h9-12,20H,2,6-8,13-14H2,1,3-5H3/b23-17+/t20-/m1/s1. The second-order valence-electron chi connectivity index (χ2n) is 7.28. The van der Waals surface area contributed by atoms with Gasteiger partial charge in [0.05, 0.1) is 11.8 Å². The number of nitrogens with zero attached hydrogens (tertiary/aromatic N) is 5. The fraction of sp³-hybridized carbons (Fsp3) is 0.409. The van der Waals surface area contributed by atoms with E-state index in [0.717, 1.165) is 60.2 Å². The molecule has 2 heterocycles. The first-order chi connectivity index (χ1) is 12.9. The van der Waals surface area contributed by atoms with Crippen molar-refractivity contribution >= 4 is 11.4 Å². The van der Waals surface area contributed by atoms with Crippen molar-refractivity contribution in [2.45, 2.75) is 53.1 Å². The summed E-state index contributed by atoms with van der Waals surface area (Å²) >= 11 is 0. The van der Waals surface area contributed by atoms with Crippen molar-refractivity contribution in [3.63, 3.8) is 0 Å². The molecule has 27 heavy (non-hydrogen) atoms. The van der Waals surface area contributed by atoms with Crippen LogP contribution in [0.4, 0.5) is 0 Å². The van der Waals surface area contributed by atoms with Crippen LogP contribution in [0.25, 0.3) is 5.70 Å². The molecule has 0 radical (unpaired) electrons. The average Bonchev–Trinajstić information content (AvgIpc) is 3.06. The Balaban J connectivity index is 1.95. The Kier molecular flexibility index (Phi) is 5.59. The highest BCUT2D eigenvalue weighted by Crippen LogP contribution is 2.35. The molecule has 0 fully saturated rings. The Bertz CT molecular complexity index is 873. The number of hydrogen-bond donors (Lipinski definition) is 0. The van der Waals surface area contributed by atoms with Gasteiger partial charge in [0.15, 0.2) is 11.6 Å². The number of aryl methyl sites for hydroxylation is 1. The molecular formula is C22H29N5. The van der Waals surface area contributed by atoms with Crippen LogP contribution in [0.5, 0.6) is 0 Å². The van der Waals surface area contributed by atoms with Crippen molar-refractivity contribution < 1.29 is 0 Å². The van der Waals surface area contributed by atoms with E-state index in [9.17, 15) is 0 Å². The van der Waals surface area contributed by atoms with Gasteiger partial charge in [-0.15, -0.1) is 10.2 Å². The molecule has 0 aliphatic carbocycles. The number of fused-ring (bicyclic) bond motifs is 1. The average molecular weight is 364 g/mol. The molecule has 142 valence electrons. The Labute approximate surface area is 162 Å². The van der Waals surface area contributed by atoms with Crippen molar-refractivity contribution in [2.24, 2.45) is 4.99 Å². The molecule has 0 N–H and O–H groups in total. The van der Waals surface area contributed by atoms with Gasteiger partial charge in [-0.1, -0.05) is 56.3 Å². The van der Waals surface area contributed by atoms with Gasteiger partial charge >= 0.3 is 0 Å². The van der Waals surface area contributed by atoms with Crippen molar-refractivity contribution in [3.8, 4) is 0 Å². The van der Waals surface area contributed by atoms with Crippen LogP contribution < -0.4 is 0 Å². The summed E-state index contributed by atoms with van der Waals surface area (Å²) in [5.41, 5.74) is 5.11. The number of hydrogen-bond acceptors (Lipinski definition) is 4. The predicted octanol–water partition coefficient (Wildman–Crippen LogP) is 4.76. The van der Waals surface area contributed by atoms with Crippen molar-refractivity contribution in [1.82, 2.24) is 19.7 Å². The van der Waals surface area contributed by atoms with Gasteiger partial charge in [-0.3, -0.25) is 4.99 Å². The number of aromatic nitrogens is 3. The van der Waals surface area contributed by atoms with Crippen LogP contribution in [0.2, 0.25) is 0 Å². The van der Waals surface area contributed by atoms with Crippen molar-refractivity contribution in [2.75, 3.05) is 6.54 Å². The van der Waals surface area contributed by atoms with Gasteiger partial charge in [0.1, 0.15) is 0 Å². The smallest absolute Gasteiger partial charge is 0.178 e. The normalized spacial score (nSPS) is 17.0. The molecule has 0 bridgehead atoms. The summed E-state index contributed by atoms with van der Waals surface area (Å²) in [7, 11) is 0. The van der Waals surface area contributed by atoms with Crippen LogP contribution in [0.1, 0.15) is 62.4 Å². The molecule has 0 saturated heterocycles. The Morgan fingerprint density at radius 1 is 1.15 bits per heavy atom. The van der Waals surface area contributed by atoms with E-state index in [1.807, 2.05) is 13.8 Å². The van der Waals surface area contributed by atoms with E-state index in [-0.39, 0.29) is 6.04 Å². The molecule has 0 saturated carbocycles. The maximum Gasteiger partial charge on any atom is 0.178 e. The molecule has 1 atom stereocenters. The minimum Gasteiger partial charge on any atom is -0.359 e. The molecule has 3 rings (SSSR count). The van der Waals surface area contributed by atoms with Crippen LogP contribution in [0, 0.1) is 6.92 Å². The molecule has 2 aromatic rings. The molecule has 1 aliphatic heterocycles. The highest BCUT2D eigenvalue weighted by atomic mass is 15.4.